The van der Waals surface area contributed by atoms with Gasteiger partial charge in [0.2, 0.25) is 0 Å². The van der Waals surface area contributed by atoms with Gasteiger partial charge in [0.05, 0.1) is 25.6 Å². The molecule has 5 heteroatoms. The summed E-state index contributed by atoms with van der Waals surface area (Å²) in [5.41, 5.74) is 0.451. The van der Waals surface area contributed by atoms with Gasteiger partial charge in [-0.3, -0.25) is 0 Å². The van der Waals surface area contributed by atoms with Crippen molar-refractivity contribution in [3.8, 4) is 0 Å². The van der Waals surface area contributed by atoms with Crippen LogP contribution in [0.2, 0.25) is 0 Å². The zero-order chi connectivity index (χ0) is 13.7. The van der Waals surface area contributed by atoms with Crippen molar-refractivity contribution in [1.29, 1.82) is 0 Å². The molecule has 0 spiro atoms. The largest absolute Gasteiger partial charge is 0.515 e. The average Bonchev–Trinajstić information content (AvgIpc) is 2.28. The van der Waals surface area contributed by atoms with E-state index in [1.165, 1.54) is 0 Å². The van der Waals surface area contributed by atoms with Crippen molar-refractivity contribution in [2.45, 2.75) is 27.2 Å². The van der Waals surface area contributed by atoms with Crippen LogP contribution in [-0.4, -0.2) is 30.3 Å². The lowest BCUT2D eigenvalue weighted by atomic mass is 10.4. The minimum absolute atomic E-state index is 0.312. The van der Waals surface area contributed by atoms with Crippen LogP contribution in [-0.2, 0) is 19.1 Å². The van der Waals surface area contributed by atoms with E-state index in [2.05, 4.69) is 16.1 Å². The molecule has 5 nitrogen and oxygen atoms in total. The minimum atomic E-state index is -0.501. The minimum Gasteiger partial charge on any atom is -0.515 e. The molecule has 0 atom stereocenters. The zero-order valence-corrected chi connectivity index (χ0v) is 10.6. The molecule has 0 aliphatic heterocycles. The lowest BCUT2D eigenvalue weighted by molar-refractivity contribution is -0.139. The first-order valence-corrected chi connectivity index (χ1v) is 5.29. The van der Waals surface area contributed by atoms with Gasteiger partial charge in [0.15, 0.2) is 0 Å². The summed E-state index contributed by atoms with van der Waals surface area (Å²) in [7, 11) is 0. The fourth-order valence-electron chi connectivity index (χ4n) is 0.566. The molecule has 0 aromatic carbocycles. The molecule has 0 aliphatic carbocycles. The Bertz CT molecular complexity index is 268. The molecule has 0 aromatic rings. The van der Waals surface area contributed by atoms with Gasteiger partial charge >= 0.3 is 11.9 Å². The van der Waals surface area contributed by atoms with E-state index in [0.29, 0.717) is 25.0 Å². The van der Waals surface area contributed by atoms with Gasteiger partial charge < -0.3 is 14.6 Å². The molecule has 1 N–H and O–H groups in total. The molecule has 98 valence electrons. The van der Waals surface area contributed by atoms with Crippen molar-refractivity contribution in [3.63, 3.8) is 0 Å². The van der Waals surface area contributed by atoms with E-state index in [1.807, 2.05) is 6.92 Å². The Kier molecular flexibility index (Phi) is 12.7. The van der Waals surface area contributed by atoms with Gasteiger partial charge in [-0.15, -0.1) is 0 Å². The topological polar surface area (TPSA) is 72.8 Å². The number of rotatable bonds is 5. The Balaban J connectivity index is 0. The number of ether oxygens (including phenoxy) is 2. The van der Waals surface area contributed by atoms with Gasteiger partial charge in [0, 0.05) is 5.57 Å². The van der Waals surface area contributed by atoms with Gasteiger partial charge in [0.1, 0.15) is 0 Å². The molecule has 17 heavy (non-hydrogen) atoms. The smallest absolute Gasteiger partial charge is 0.333 e. The molecule has 0 bridgehead atoms. The second-order valence-electron chi connectivity index (χ2n) is 2.98. The van der Waals surface area contributed by atoms with Crippen molar-refractivity contribution in [2.75, 3.05) is 13.2 Å². The number of aliphatic hydroxyl groups excluding tert-OH is 1. The van der Waals surface area contributed by atoms with Crippen LogP contribution in [0.25, 0.3) is 0 Å². The monoisotopic (exact) mass is 244 g/mol. The third-order valence-electron chi connectivity index (χ3n) is 1.28. The Morgan fingerprint density at radius 3 is 2.18 bits per heavy atom. The Hall–Kier alpha value is -1.78. The fraction of sp³-hybridized carbons (Fsp3) is 0.500. The van der Waals surface area contributed by atoms with E-state index in [0.717, 1.165) is 12.5 Å². The van der Waals surface area contributed by atoms with Crippen molar-refractivity contribution < 1.29 is 24.2 Å². The van der Waals surface area contributed by atoms with E-state index in [9.17, 15) is 9.59 Å². The number of esters is 2. The standard InChI is InChI=1S/C6H10O3.C6H10O2/c1-2-5-9-6(8)3-4-7;1-4-8-6(7)5(2)3/h3-4,7H,2,5H2,1H3;2,4H2,1,3H3. The van der Waals surface area contributed by atoms with Crippen molar-refractivity contribution in [2.24, 2.45) is 0 Å². The normalized spacial score (nSPS) is 9.12. The number of hydrogen-bond acceptors (Lipinski definition) is 5. The van der Waals surface area contributed by atoms with Crippen molar-refractivity contribution >= 4 is 11.9 Å². The Morgan fingerprint density at radius 1 is 1.29 bits per heavy atom. The maximum atomic E-state index is 10.4. The van der Waals surface area contributed by atoms with E-state index < -0.39 is 5.97 Å². The number of carbonyl (C=O) groups is 2. The summed E-state index contributed by atoms with van der Waals surface area (Å²) in [5.74, 6) is -0.813. The Morgan fingerprint density at radius 2 is 1.88 bits per heavy atom. The molecular formula is C12H20O5. The van der Waals surface area contributed by atoms with Crippen LogP contribution in [0.1, 0.15) is 27.2 Å². The lowest BCUT2D eigenvalue weighted by Crippen LogP contribution is -2.03. The van der Waals surface area contributed by atoms with E-state index >= 15 is 0 Å². The highest BCUT2D eigenvalue weighted by Gasteiger charge is 1.98. The van der Waals surface area contributed by atoms with Crippen LogP contribution in [0.4, 0.5) is 0 Å². The third kappa shape index (κ3) is 14.2. The average molecular weight is 244 g/mol. The van der Waals surface area contributed by atoms with Gasteiger partial charge in [-0.05, 0) is 20.3 Å². The fourth-order valence-corrected chi connectivity index (χ4v) is 0.566. The molecular weight excluding hydrogens is 224 g/mol. The van der Waals surface area contributed by atoms with Crippen LogP contribution in [0, 0.1) is 0 Å². The molecule has 0 fully saturated rings. The predicted octanol–water partition coefficient (Wildman–Crippen LogP) is 2.14. The quantitative estimate of drug-likeness (QED) is 0.455. The summed E-state index contributed by atoms with van der Waals surface area (Å²) < 4.78 is 9.11. The Labute approximate surface area is 102 Å². The number of carbonyl (C=O) groups excluding carboxylic acids is 2. The second-order valence-corrected chi connectivity index (χ2v) is 2.98. The molecule has 0 rings (SSSR count). The number of aliphatic hydroxyl groups is 1. The first-order valence-electron chi connectivity index (χ1n) is 5.29. The maximum Gasteiger partial charge on any atom is 0.333 e. The highest BCUT2D eigenvalue weighted by atomic mass is 16.5. The molecule has 0 saturated heterocycles. The van der Waals surface area contributed by atoms with E-state index in [1.54, 1.807) is 13.8 Å². The van der Waals surface area contributed by atoms with E-state index in [-0.39, 0.29) is 5.97 Å². The van der Waals surface area contributed by atoms with Gasteiger partial charge in [-0.25, -0.2) is 9.59 Å². The zero-order valence-electron chi connectivity index (χ0n) is 10.6. The first kappa shape index (κ1) is 17.6. The summed E-state index contributed by atoms with van der Waals surface area (Å²) in [6.07, 6.45) is 2.43. The third-order valence-corrected chi connectivity index (χ3v) is 1.28. The molecule has 0 saturated carbocycles. The highest BCUT2D eigenvalue weighted by molar-refractivity contribution is 5.86. The van der Waals surface area contributed by atoms with Crippen LogP contribution < -0.4 is 0 Å². The molecule has 0 aromatic heterocycles. The van der Waals surface area contributed by atoms with Crippen LogP contribution in [0.3, 0.4) is 0 Å². The summed E-state index contributed by atoms with van der Waals surface area (Å²) in [5, 5.41) is 8.05. The van der Waals surface area contributed by atoms with Crippen LogP contribution in [0.5, 0.6) is 0 Å². The lowest BCUT2D eigenvalue weighted by Gasteiger charge is -1.96. The summed E-state index contributed by atoms with van der Waals surface area (Å²) in [4.78, 5) is 20.8. The van der Waals surface area contributed by atoms with Crippen molar-refractivity contribution in [3.05, 3.63) is 24.5 Å². The molecule has 0 radical (unpaired) electrons. The summed E-state index contributed by atoms with van der Waals surface area (Å²) in [6.45, 7) is 9.51. The predicted molar refractivity (Wildman–Crippen MR) is 64.5 cm³/mol. The van der Waals surface area contributed by atoms with Gasteiger partial charge in [-0.2, -0.15) is 0 Å². The first-order chi connectivity index (χ1) is 7.99. The van der Waals surface area contributed by atoms with Crippen LogP contribution >= 0.6 is 0 Å². The van der Waals surface area contributed by atoms with Gasteiger partial charge in [-0.1, -0.05) is 13.5 Å². The molecule has 0 unspecified atom stereocenters. The second kappa shape index (κ2) is 12.3. The van der Waals surface area contributed by atoms with Crippen molar-refractivity contribution in [1.82, 2.24) is 0 Å². The molecule has 0 heterocycles. The summed E-state index contributed by atoms with van der Waals surface area (Å²) in [6, 6.07) is 0. The van der Waals surface area contributed by atoms with E-state index in [4.69, 9.17) is 5.11 Å². The maximum absolute atomic E-state index is 10.4. The van der Waals surface area contributed by atoms with Gasteiger partial charge in [0.25, 0.3) is 0 Å². The molecule has 0 amide bonds. The summed E-state index contributed by atoms with van der Waals surface area (Å²) >= 11 is 0. The number of hydrogen-bond donors (Lipinski definition) is 1. The van der Waals surface area contributed by atoms with Crippen LogP contribution in [0.15, 0.2) is 24.5 Å². The highest BCUT2D eigenvalue weighted by Crippen LogP contribution is 1.89. The molecule has 0 aliphatic rings. The SMILES string of the molecule is C=C(C)C(=O)OCC.CCCOC(=O)C=CO.